The van der Waals surface area contributed by atoms with Crippen LogP contribution in [0.3, 0.4) is 0 Å². The molecule has 0 heterocycles. The van der Waals surface area contributed by atoms with Crippen molar-refractivity contribution in [2.75, 3.05) is 0 Å². The van der Waals surface area contributed by atoms with Gasteiger partial charge in [-0.25, -0.2) is 0 Å². The first kappa shape index (κ1) is 19.9. The maximum absolute atomic E-state index is 11.7. The number of fused-ring (bicyclic) bond motifs is 1. The van der Waals surface area contributed by atoms with Crippen molar-refractivity contribution in [2.45, 2.75) is 0 Å². The van der Waals surface area contributed by atoms with Gasteiger partial charge in [-0.3, -0.25) is 9.59 Å². The predicted octanol–water partition coefficient (Wildman–Crippen LogP) is 6.66. The fraction of sp³-hybridized carbons (Fsp3) is 0. The Kier molecular flexibility index (Phi) is 5.68. The molecule has 4 heteroatoms. The third-order valence-electron chi connectivity index (χ3n) is 4.79. The lowest BCUT2D eigenvalue weighted by atomic mass is 9.96. The van der Waals surface area contributed by atoms with Crippen molar-refractivity contribution in [1.82, 2.24) is 0 Å². The number of hydrogen-bond acceptors (Lipinski definition) is 2. The average Bonchev–Trinajstić information content (AvgIpc) is 2.77. The molecule has 0 radical (unpaired) electrons. The SMILES string of the molecule is O=C(Cl)c1ccc(-c2ccc(C(=O)Cl)cc2C#Cc2cccc3ccccc23)cc1. The predicted molar refractivity (Wildman–Crippen MR) is 122 cm³/mol. The van der Waals surface area contributed by atoms with E-state index in [9.17, 15) is 9.59 Å². The fourth-order valence-electron chi connectivity index (χ4n) is 3.27. The van der Waals surface area contributed by atoms with E-state index in [2.05, 4.69) is 11.8 Å². The van der Waals surface area contributed by atoms with E-state index in [0.717, 1.165) is 27.5 Å². The highest BCUT2D eigenvalue weighted by Crippen LogP contribution is 2.26. The molecule has 144 valence electrons. The Labute approximate surface area is 184 Å². The molecule has 0 amide bonds. The summed E-state index contributed by atoms with van der Waals surface area (Å²) in [7, 11) is 0. The van der Waals surface area contributed by atoms with Gasteiger partial charge in [0.15, 0.2) is 0 Å². The van der Waals surface area contributed by atoms with Crippen LogP contribution in [0.5, 0.6) is 0 Å². The Bertz CT molecular complexity index is 1340. The number of benzene rings is 4. The fourth-order valence-corrected chi connectivity index (χ4v) is 3.52. The van der Waals surface area contributed by atoms with E-state index < -0.39 is 10.5 Å². The summed E-state index contributed by atoms with van der Waals surface area (Å²) >= 11 is 11.2. The largest absolute Gasteiger partial charge is 0.276 e. The molecule has 0 aliphatic carbocycles. The molecule has 0 spiro atoms. The van der Waals surface area contributed by atoms with E-state index in [1.54, 1.807) is 42.5 Å². The maximum atomic E-state index is 11.7. The first-order chi connectivity index (χ1) is 14.5. The summed E-state index contributed by atoms with van der Waals surface area (Å²) in [5.41, 5.74) is 4.03. The second-order valence-electron chi connectivity index (χ2n) is 6.66. The summed E-state index contributed by atoms with van der Waals surface area (Å²) in [4.78, 5) is 23.0. The van der Waals surface area contributed by atoms with Gasteiger partial charge in [0.1, 0.15) is 0 Å². The Morgan fingerprint density at radius 2 is 1.27 bits per heavy atom. The minimum atomic E-state index is -0.544. The Balaban J connectivity index is 1.84. The zero-order valence-electron chi connectivity index (χ0n) is 15.7. The molecule has 2 nitrogen and oxygen atoms in total. The van der Waals surface area contributed by atoms with E-state index in [-0.39, 0.29) is 0 Å². The van der Waals surface area contributed by atoms with Gasteiger partial charge in [-0.2, -0.15) is 0 Å². The molecule has 0 saturated carbocycles. The van der Waals surface area contributed by atoms with Crippen molar-refractivity contribution in [1.29, 1.82) is 0 Å². The van der Waals surface area contributed by atoms with Crippen LogP contribution >= 0.6 is 23.2 Å². The molecule has 0 aromatic heterocycles. The summed E-state index contributed by atoms with van der Waals surface area (Å²) in [5, 5.41) is 1.11. The van der Waals surface area contributed by atoms with Gasteiger partial charge >= 0.3 is 0 Å². The molecule has 0 saturated heterocycles. The van der Waals surface area contributed by atoms with Crippen molar-refractivity contribution in [3.8, 4) is 23.0 Å². The number of halogens is 2. The van der Waals surface area contributed by atoms with Crippen molar-refractivity contribution >= 4 is 44.5 Å². The average molecular weight is 429 g/mol. The number of rotatable bonds is 3. The van der Waals surface area contributed by atoms with E-state index in [1.165, 1.54) is 0 Å². The van der Waals surface area contributed by atoms with Gasteiger partial charge in [0.25, 0.3) is 10.5 Å². The second kappa shape index (κ2) is 8.55. The second-order valence-corrected chi connectivity index (χ2v) is 7.35. The van der Waals surface area contributed by atoms with Crippen LogP contribution in [0.25, 0.3) is 21.9 Å². The third-order valence-corrected chi connectivity index (χ3v) is 5.23. The van der Waals surface area contributed by atoms with Crippen LogP contribution < -0.4 is 0 Å². The van der Waals surface area contributed by atoms with E-state index in [4.69, 9.17) is 23.2 Å². The van der Waals surface area contributed by atoms with Gasteiger partial charge in [-0.05, 0) is 75.4 Å². The zero-order chi connectivity index (χ0) is 21.1. The summed E-state index contributed by atoms with van der Waals surface area (Å²) in [6.45, 7) is 0. The van der Waals surface area contributed by atoms with Crippen LogP contribution in [-0.4, -0.2) is 10.5 Å². The monoisotopic (exact) mass is 428 g/mol. The third kappa shape index (κ3) is 4.14. The van der Waals surface area contributed by atoms with Crippen molar-refractivity contribution < 1.29 is 9.59 Å². The number of carbonyl (C=O) groups excluding carboxylic acids is 2. The van der Waals surface area contributed by atoms with Gasteiger partial charge in [0, 0.05) is 22.3 Å². The van der Waals surface area contributed by atoms with Crippen molar-refractivity contribution in [3.05, 3.63) is 107 Å². The Hall–Kier alpha value is -3.38. The standard InChI is InChI=1S/C26H14Cl2O2/c27-25(29)20-11-8-19(9-12-20)24-15-14-22(26(28)30)16-21(24)13-10-18-6-3-5-17-4-1-2-7-23(17)18/h1-9,11-12,14-16H. The normalized spacial score (nSPS) is 10.3. The molecule has 4 aromatic carbocycles. The van der Waals surface area contributed by atoms with Gasteiger partial charge < -0.3 is 0 Å². The number of carbonyl (C=O) groups is 2. The van der Waals surface area contributed by atoms with Crippen LogP contribution in [-0.2, 0) is 0 Å². The lowest BCUT2D eigenvalue weighted by Gasteiger charge is -2.07. The van der Waals surface area contributed by atoms with Crippen LogP contribution in [0.15, 0.2) is 84.9 Å². The first-order valence-corrected chi connectivity index (χ1v) is 9.92. The molecule has 0 aliphatic rings. The Morgan fingerprint density at radius 1 is 0.633 bits per heavy atom. The van der Waals surface area contributed by atoms with Crippen molar-refractivity contribution in [2.24, 2.45) is 0 Å². The van der Waals surface area contributed by atoms with E-state index in [0.29, 0.717) is 16.7 Å². The summed E-state index contributed by atoms with van der Waals surface area (Å²) in [6, 6.07) is 26.1. The van der Waals surface area contributed by atoms with E-state index >= 15 is 0 Å². The quantitative estimate of drug-likeness (QED) is 0.269. The number of hydrogen-bond donors (Lipinski definition) is 0. The topological polar surface area (TPSA) is 34.1 Å². The molecule has 0 aliphatic heterocycles. The zero-order valence-corrected chi connectivity index (χ0v) is 17.2. The molecular formula is C26H14Cl2O2. The van der Waals surface area contributed by atoms with Crippen LogP contribution in [0.4, 0.5) is 0 Å². The summed E-state index contributed by atoms with van der Waals surface area (Å²) in [5.74, 6) is 6.43. The minimum absolute atomic E-state index is 0.371. The van der Waals surface area contributed by atoms with Crippen LogP contribution in [0.2, 0.25) is 0 Å². The highest BCUT2D eigenvalue weighted by molar-refractivity contribution is 6.68. The van der Waals surface area contributed by atoms with Gasteiger partial charge in [0.2, 0.25) is 0 Å². The van der Waals surface area contributed by atoms with Gasteiger partial charge in [-0.1, -0.05) is 66.4 Å². The molecular weight excluding hydrogens is 415 g/mol. The van der Waals surface area contributed by atoms with E-state index in [1.807, 2.05) is 42.5 Å². The first-order valence-electron chi connectivity index (χ1n) is 9.17. The van der Waals surface area contributed by atoms with Crippen LogP contribution in [0, 0.1) is 11.8 Å². The smallest absolute Gasteiger partial charge is 0.252 e. The van der Waals surface area contributed by atoms with Gasteiger partial charge in [0.05, 0.1) is 0 Å². The lowest BCUT2D eigenvalue weighted by molar-refractivity contribution is 0.107. The Morgan fingerprint density at radius 3 is 2.00 bits per heavy atom. The van der Waals surface area contributed by atoms with Crippen molar-refractivity contribution in [3.63, 3.8) is 0 Å². The maximum Gasteiger partial charge on any atom is 0.252 e. The highest BCUT2D eigenvalue weighted by Gasteiger charge is 2.10. The highest BCUT2D eigenvalue weighted by atomic mass is 35.5. The molecule has 0 N–H and O–H groups in total. The summed E-state index contributed by atoms with van der Waals surface area (Å²) < 4.78 is 0. The molecule has 4 rings (SSSR count). The molecule has 0 bridgehead atoms. The molecule has 0 atom stereocenters. The molecule has 4 aromatic rings. The molecule has 30 heavy (non-hydrogen) atoms. The molecule has 0 unspecified atom stereocenters. The summed E-state index contributed by atoms with van der Waals surface area (Å²) in [6.07, 6.45) is 0. The van der Waals surface area contributed by atoms with Crippen LogP contribution in [0.1, 0.15) is 31.8 Å². The van der Waals surface area contributed by atoms with Gasteiger partial charge in [-0.15, -0.1) is 0 Å². The minimum Gasteiger partial charge on any atom is -0.276 e. The lowest BCUT2D eigenvalue weighted by Crippen LogP contribution is -1.94. The molecule has 0 fully saturated rings.